The van der Waals surface area contributed by atoms with Gasteiger partial charge in [0.25, 0.3) is 5.56 Å². The van der Waals surface area contributed by atoms with E-state index < -0.39 is 11.2 Å². The van der Waals surface area contributed by atoms with Crippen molar-refractivity contribution in [3.8, 4) is 0 Å². The second-order valence-electron chi connectivity index (χ2n) is 2.19. The number of aryl methyl sites for hydroxylation is 1. The van der Waals surface area contributed by atoms with Crippen LogP contribution in [0.2, 0.25) is 0 Å². The summed E-state index contributed by atoms with van der Waals surface area (Å²) >= 11 is 0. The molecule has 0 bridgehead atoms. The van der Waals surface area contributed by atoms with Crippen LogP contribution in [0.15, 0.2) is 21.1 Å². The van der Waals surface area contributed by atoms with E-state index in [1.165, 1.54) is 6.92 Å². The summed E-state index contributed by atoms with van der Waals surface area (Å²) in [6.45, 7) is 1.33. The number of rotatable bonds is 2. The van der Waals surface area contributed by atoms with Crippen molar-refractivity contribution < 1.29 is 10.1 Å². The minimum absolute atomic E-state index is 0.0331. The average molecular weight is 187 g/mol. The second kappa shape index (κ2) is 3.09. The van der Waals surface area contributed by atoms with Crippen molar-refractivity contribution in [3.05, 3.63) is 37.5 Å². The molecule has 1 aromatic heterocycles. The van der Waals surface area contributed by atoms with E-state index in [9.17, 15) is 14.5 Å². The lowest BCUT2D eigenvalue weighted by Crippen LogP contribution is -2.42. The number of hydrogen-bond acceptors (Lipinski definition) is 6. The second-order valence-corrected chi connectivity index (χ2v) is 2.19. The monoisotopic (exact) mass is 187 g/mol. The van der Waals surface area contributed by atoms with Crippen LogP contribution in [-0.4, -0.2) is 14.7 Å². The smallest absolute Gasteiger partial charge is 0.399 e. The molecule has 0 aliphatic carbocycles. The predicted molar refractivity (Wildman–Crippen MR) is 39.3 cm³/mol. The fourth-order valence-electron chi connectivity index (χ4n) is 0.739. The van der Waals surface area contributed by atoms with Crippen molar-refractivity contribution in [1.82, 2.24) is 9.46 Å². The number of nitrogens with zero attached hydrogens (tertiary/aromatic N) is 3. The summed E-state index contributed by atoms with van der Waals surface area (Å²) < 4.78 is 0.157. The van der Waals surface area contributed by atoms with Gasteiger partial charge in [0.05, 0.1) is 6.20 Å². The van der Waals surface area contributed by atoms with E-state index in [0.717, 1.165) is 6.20 Å². The minimum atomic E-state index is -1.20. The van der Waals surface area contributed by atoms with Crippen LogP contribution in [0.25, 0.3) is 0 Å². The van der Waals surface area contributed by atoms with Gasteiger partial charge in [-0.3, -0.25) is 4.79 Å². The SMILES string of the molecule is Cc1cn(O)c(=O)n(ON=O)c1=O. The van der Waals surface area contributed by atoms with Gasteiger partial charge in [-0.05, 0) is 6.92 Å². The molecule has 0 aromatic carbocycles. The lowest BCUT2D eigenvalue weighted by atomic mass is 10.4. The summed E-state index contributed by atoms with van der Waals surface area (Å²) in [5, 5.41) is 10.8. The molecule has 0 saturated carbocycles. The molecule has 0 radical (unpaired) electrons. The fourth-order valence-corrected chi connectivity index (χ4v) is 0.739. The molecule has 0 spiro atoms. The van der Waals surface area contributed by atoms with Gasteiger partial charge in [-0.2, -0.15) is 0 Å². The zero-order valence-electron chi connectivity index (χ0n) is 6.50. The first-order chi connectivity index (χ1) is 6.07. The Hall–Kier alpha value is -2.12. The summed E-state index contributed by atoms with van der Waals surface area (Å²) in [6, 6.07) is 0. The van der Waals surface area contributed by atoms with E-state index in [1.807, 2.05) is 5.34 Å². The lowest BCUT2D eigenvalue weighted by Gasteiger charge is -2.00. The Labute approximate surface area is 70.4 Å². The van der Waals surface area contributed by atoms with Crippen LogP contribution in [0.4, 0.5) is 0 Å². The molecule has 0 saturated heterocycles. The summed E-state index contributed by atoms with van der Waals surface area (Å²) in [7, 11) is 0. The molecule has 0 unspecified atom stereocenters. The van der Waals surface area contributed by atoms with Crippen molar-refractivity contribution in [3.63, 3.8) is 0 Å². The Kier molecular flexibility index (Phi) is 2.13. The normalized spacial score (nSPS) is 9.62. The van der Waals surface area contributed by atoms with Crippen LogP contribution in [0.3, 0.4) is 0 Å². The Bertz CT molecular complexity index is 410. The van der Waals surface area contributed by atoms with Gasteiger partial charge in [0.15, 0.2) is 5.34 Å². The van der Waals surface area contributed by atoms with E-state index in [-0.39, 0.29) is 15.0 Å². The quantitative estimate of drug-likeness (QED) is 0.351. The Morgan fingerprint density at radius 1 is 1.54 bits per heavy atom. The van der Waals surface area contributed by atoms with Crippen molar-refractivity contribution in [1.29, 1.82) is 0 Å². The van der Waals surface area contributed by atoms with Crippen LogP contribution >= 0.6 is 0 Å². The predicted octanol–water partition coefficient (Wildman–Crippen LogP) is -1.33. The fraction of sp³-hybridized carbons (Fsp3) is 0.200. The average Bonchev–Trinajstić information content (AvgIpc) is 2.09. The van der Waals surface area contributed by atoms with Gasteiger partial charge in [-0.1, -0.05) is 4.73 Å². The zero-order chi connectivity index (χ0) is 10.0. The van der Waals surface area contributed by atoms with E-state index in [2.05, 4.69) is 4.94 Å². The molecule has 1 rings (SSSR count). The van der Waals surface area contributed by atoms with Gasteiger partial charge >= 0.3 is 5.69 Å². The molecule has 0 fully saturated rings. The molecule has 1 aromatic rings. The standard InChI is InChI=1S/C5H5N3O5/c1-3-2-7(12)5(10)8(4(3)9)13-6-11/h2,12H,1H3. The van der Waals surface area contributed by atoms with Crippen LogP contribution in [0.5, 0.6) is 0 Å². The molecule has 8 heteroatoms. The lowest BCUT2D eigenvalue weighted by molar-refractivity contribution is 0.0638. The maximum Gasteiger partial charge on any atom is 0.399 e. The summed E-state index contributed by atoms with van der Waals surface area (Å²) in [5.41, 5.74) is -2.02. The van der Waals surface area contributed by atoms with Gasteiger partial charge in [0.1, 0.15) is 0 Å². The highest BCUT2D eigenvalue weighted by atomic mass is 16.8. The molecule has 0 aliphatic heterocycles. The molecule has 13 heavy (non-hydrogen) atoms. The third-order valence-electron chi connectivity index (χ3n) is 1.32. The van der Waals surface area contributed by atoms with Gasteiger partial charge in [-0.15, -0.1) is 9.64 Å². The highest BCUT2D eigenvalue weighted by Gasteiger charge is 2.09. The van der Waals surface area contributed by atoms with E-state index in [0.29, 0.717) is 0 Å². The highest BCUT2D eigenvalue weighted by Crippen LogP contribution is 1.81. The Morgan fingerprint density at radius 2 is 2.15 bits per heavy atom. The van der Waals surface area contributed by atoms with Gasteiger partial charge in [0.2, 0.25) is 0 Å². The molecule has 1 N–H and O–H groups in total. The molecule has 0 amide bonds. The van der Waals surface area contributed by atoms with Crippen LogP contribution < -0.4 is 16.2 Å². The van der Waals surface area contributed by atoms with Gasteiger partial charge < -0.3 is 5.21 Å². The topological polar surface area (TPSA) is 103 Å². The summed E-state index contributed by atoms with van der Waals surface area (Å²) in [5.74, 6) is 0. The van der Waals surface area contributed by atoms with Crippen LogP contribution in [0.1, 0.15) is 5.56 Å². The number of hydrogen-bond donors (Lipinski definition) is 1. The maximum absolute atomic E-state index is 11.0. The molecular formula is C5H5N3O5. The molecular weight excluding hydrogens is 182 g/mol. The third-order valence-corrected chi connectivity index (χ3v) is 1.32. The Balaban J connectivity index is 3.56. The summed E-state index contributed by atoms with van der Waals surface area (Å²) in [4.78, 5) is 35.4. The van der Waals surface area contributed by atoms with E-state index in [1.54, 1.807) is 0 Å². The van der Waals surface area contributed by atoms with E-state index in [4.69, 9.17) is 5.21 Å². The van der Waals surface area contributed by atoms with Crippen molar-refractivity contribution in [2.45, 2.75) is 6.92 Å². The first-order valence-corrected chi connectivity index (χ1v) is 3.12. The minimum Gasteiger partial charge on any atom is -0.424 e. The largest absolute Gasteiger partial charge is 0.424 e. The van der Waals surface area contributed by atoms with E-state index >= 15 is 0 Å². The van der Waals surface area contributed by atoms with Gasteiger partial charge in [0, 0.05) is 5.56 Å². The van der Waals surface area contributed by atoms with Crippen molar-refractivity contribution >= 4 is 0 Å². The summed E-state index contributed by atoms with van der Waals surface area (Å²) in [6.07, 6.45) is 0.898. The van der Waals surface area contributed by atoms with Crippen LogP contribution in [-0.2, 0) is 0 Å². The molecule has 8 nitrogen and oxygen atoms in total. The highest BCUT2D eigenvalue weighted by molar-refractivity contribution is 5.00. The van der Waals surface area contributed by atoms with Crippen molar-refractivity contribution in [2.75, 3.05) is 0 Å². The first kappa shape index (κ1) is 8.97. The van der Waals surface area contributed by atoms with Gasteiger partial charge in [-0.25, -0.2) is 9.73 Å². The molecule has 0 atom stereocenters. The third kappa shape index (κ3) is 1.41. The molecule has 1 heterocycles. The Morgan fingerprint density at radius 3 is 2.69 bits per heavy atom. The van der Waals surface area contributed by atoms with Crippen molar-refractivity contribution in [2.24, 2.45) is 5.34 Å². The molecule has 0 aliphatic rings. The van der Waals surface area contributed by atoms with Crippen LogP contribution in [0, 0.1) is 11.8 Å². The number of aromatic nitrogens is 2. The zero-order valence-corrected chi connectivity index (χ0v) is 6.50. The first-order valence-electron chi connectivity index (χ1n) is 3.12. The maximum atomic E-state index is 11.0. The molecule has 70 valence electrons.